The summed E-state index contributed by atoms with van der Waals surface area (Å²) in [6, 6.07) is 7.73. The predicted octanol–water partition coefficient (Wildman–Crippen LogP) is 2.12. The van der Waals surface area contributed by atoms with Gasteiger partial charge in [-0.25, -0.2) is 0 Å². The van der Waals surface area contributed by atoms with Crippen molar-refractivity contribution in [3.05, 3.63) is 35.9 Å². The number of rotatable bonds is 4. The lowest BCUT2D eigenvalue weighted by Gasteiger charge is -2.33. The highest BCUT2D eigenvalue weighted by Gasteiger charge is 2.18. The highest BCUT2D eigenvalue weighted by Crippen LogP contribution is 2.29. The van der Waals surface area contributed by atoms with E-state index in [4.69, 9.17) is 0 Å². The smallest absolute Gasteiger partial charge is 0.124 e. The summed E-state index contributed by atoms with van der Waals surface area (Å²) in [4.78, 5) is 4.92. The van der Waals surface area contributed by atoms with Gasteiger partial charge < -0.3 is 15.3 Å². The molecule has 0 unspecified atom stereocenters. The number of nitrogens with zero attached hydrogens (tertiary/aromatic N) is 2. The Labute approximate surface area is 133 Å². The highest BCUT2D eigenvalue weighted by atomic mass is 16.3. The van der Waals surface area contributed by atoms with E-state index in [-0.39, 0.29) is 0 Å². The quantitative estimate of drug-likeness (QED) is 0.893. The van der Waals surface area contributed by atoms with Crippen molar-refractivity contribution in [1.82, 2.24) is 15.1 Å². The number of benzene rings is 1. The molecule has 2 heterocycles. The molecule has 0 radical (unpaired) electrons. The molecule has 2 fully saturated rings. The number of hydrogen-bond donors (Lipinski definition) is 2. The van der Waals surface area contributed by atoms with Gasteiger partial charge in [-0.1, -0.05) is 12.1 Å². The molecule has 3 rings (SSSR count). The largest absolute Gasteiger partial charge is 0.507 e. The van der Waals surface area contributed by atoms with Crippen LogP contribution in [-0.2, 0) is 0 Å². The van der Waals surface area contributed by atoms with Gasteiger partial charge in [0.05, 0.1) is 0 Å². The van der Waals surface area contributed by atoms with Crippen LogP contribution >= 0.6 is 0 Å². The second kappa shape index (κ2) is 7.65. The Balaban J connectivity index is 1.80. The molecule has 0 saturated carbocycles. The number of hydrogen-bond acceptors (Lipinski definition) is 4. The Morgan fingerprint density at radius 1 is 1.05 bits per heavy atom. The Morgan fingerprint density at radius 3 is 2.50 bits per heavy atom. The maximum atomic E-state index is 10.3. The van der Waals surface area contributed by atoms with Gasteiger partial charge in [0.1, 0.15) is 5.75 Å². The molecule has 0 bridgehead atoms. The van der Waals surface area contributed by atoms with Crippen LogP contribution in [0.3, 0.4) is 0 Å². The maximum Gasteiger partial charge on any atom is 0.124 e. The van der Waals surface area contributed by atoms with Crippen LogP contribution in [0.2, 0.25) is 0 Å². The molecule has 2 aliphatic rings. The first-order chi connectivity index (χ1) is 10.8. The van der Waals surface area contributed by atoms with E-state index in [1.54, 1.807) is 6.07 Å². The molecule has 0 aliphatic carbocycles. The SMILES string of the molecule is Oc1ccccc1/C(=C\CN1CCNCC1)N1CCCCC1. The molecular formula is C18H27N3O. The van der Waals surface area contributed by atoms with Gasteiger partial charge in [0.25, 0.3) is 0 Å². The average Bonchev–Trinajstić information content (AvgIpc) is 2.58. The van der Waals surface area contributed by atoms with Gasteiger partial charge >= 0.3 is 0 Å². The Hall–Kier alpha value is -1.52. The molecule has 22 heavy (non-hydrogen) atoms. The topological polar surface area (TPSA) is 38.7 Å². The number of piperidine rings is 1. The zero-order chi connectivity index (χ0) is 15.2. The van der Waals surface area contributed by atoms with E-state index in [9.17, 15) is 5.11 Å². The van der Waals surface area contributed by atoms with Crippen LogP contribution in [-0.4, -0.2) is 60.7 Å². The number of phenols is 1. The number of likely N-dealkylation sites (tertiary alicyclic amines) is 1. The number of aromatic hydroxyl groups is 1. The minimum absolute atomic E-state index is 0.389. The summed E-state index contributed by atoms with van der Waals surface area (Å²) in [5.74, 6) is 0.389. The van der Waals surface area contributed by atoms with Crippen molar-refractivity contribution in [1.29, 1.82) is 0 Å². The average molecular weight is 301 g/mol. The summed E-state index contributed by atoms with van der Waals surface area (Å²) in [6.45, 7) is 7.51. The standard InChI is InChI=1S/C18H27N3O/c22-18-7-3-2-6-16(18)17(21-11-4-1-5-12-21)8-13-20-14-9-19-10-15-20/h2-3,6-8,19,22H,1,4-5,9-15H2/b17-8+. The Kier molecular flexibility index (Phi) is 5.35. The zero-order valence-corrected chi connectivity index (χ0v) is 13.3. The molecule has 2 N–H and O–H groups in total. The van der Waals surface area contributed by atoms with Crippen molar-refractivity contribution >= 4 is 5.70 Å². The third-order valence-electron chi connectivity index (χ3n) is 4.63. The van der Waals surface area contributed by atoms with Gasteiger partial charge in [-0.3, -0.25) is 4.90 Å². The number of piperazine rings is 1. The van der Waals surface area contributed by atoms with Crippen molar-refractivity contribution in [2.75, 3.05) is 45.8 Å². The summed E-state index contributed by atoms with van der Waals surface area (Å²) < 4.78 is 0. The van der Waals surface area contributed by atoms with Gasteiger partial charge in [-0.2, -0.15) is 0 Å². The van der Waals surface area contributed by atoms with E-state index in [1.165, 1.54) is 25.0 Å². The molecule has 2 aliphatic heterocycles. The van der Waals surface area contributed by atoms with Gasteiger partial charge in [-0.15, -0.1) is 0 Å². The van der Waals surface area contributed by atoms with E-state index in [0.29, 0.717) is 5.75 Å². The summed E-state index contributed by atoms with van der Waals surface area (Å²) in [6.07, 6.45) is 6.13. The van der Waals surface area contributed by atoms with Crippen LogP contribution in [0, 0.1) is 0 Å². The first-order valence-electron chi connectivity index (χ1n) is 8.51. The fourth-order valence-corrected chi connectivity index (χ4v) is 3.34. The molecule has 0 spiro atoms. The van der Waals surface area contributed by atoms with Crippen molar-refractivity contribution in [2.45, 2.75) is 19.3 Å². The third kappa shape index (κ3) is 3.81. The first-order valence-corrected chi connectivity index (χ1v) is 8.51. The normalized spacial score (nSPS) is 21.1. The lowest BCUT2D eigenvalue weighted by atomic mass is 10.0. The summed E-state index contributed by atoms with van der Waals surface area (Å²) in [5.41, 5.74) is 2.18. The van der Waals surface area contributed by atoms with Crippen LogP contribution < -0.4 is 5.32 Å². The second-order valence-corrected chi connectivity index (χ2v) is 6.20. The second-order valence-electron chi connectivity index (χ2n) is 6.20. The van der Waals surface area contributed by atoms with Crippen molar-refractivity contribution < 1.29 is 5.11 Å². The van der Waals surface area contributed by atoms with Gasteiger partial charge in [0.2, 0.25) is 0 Å². The molecule has 1 aromatic rings. The first kappa shape index (κ1) is 15.4. The molecule has 4 heteroatoms. The highest BCUT2D eigenvalue weighted by molar-refractivity contribution is 5.69. The molecule has 4 nitrogen and oxygen atoms in total. The minimum atomic E-state index is 0.389. The summed E-state index contributed by atoms with van der Waals surface area (Å²) in [7, 11) is 0. The summed E-state index contributed by atoms with van der Waals surface area (Å²) >= 11 is 0. The molecule has 0 aromatic heterocycles. The minimum Gasteiger partial charge on any atom is -0.507 e. The fourth-order valence-electron chi connectivity index (χ4n) is 3.34. The lowest BCUT2D eigenvalue weighted by Crippen LogP contribution is -2.43. The van der Waals surface area contributed by atoms with Crippen LogP contribution in [0.4, 0.5) is 0 Å². The molecule has 1 aromatic carbocycles. The van der Waals surface area contributed by atoms with Gasteiger partial charge in [0, 0.05) is 57.1 Å². The van der Waals surface area contributed by atoms with Crippen LogP contribution in [0.15, 0.2) is 30.3 Å². The molecule has 120 valence electrons. The van der Waals surface area contributed by atoms with E-state index >= 15 is 0 Å². The van der Waals surface area contributed by atoms with Crippen molar-refractivity contribution in [3.8, 4) is 5.75 Å². The monoisotopic (exact) mass is 301 g/mol. The van der Waals surface area contributed by atoms with Crippen LogP contribution in [0.25, 0.3) is 5.70 Å². The molecular weight excluding hydrogens is 274 g/mol. The maximum absolute atomic E-state index is 10.3. The molecule has 0 atom stereocenters. The zero-order valence-electron chi connectivity index (χ0n) is 13.3. The van der Waals surface area contributed by atoms with Gasteiger partial charge in [-0.05, 0) is 37.5 Å². The Morgan fingerprint density at radius 2 is 1.77 bits per heavy atom. The lowest BCUT2D eigenvalue weighted by molar-refractivity contribution is 0.263. The van der Waals surface area contributed by atoms with Crippen molar-refractivity contribution in [3.63, 3.8) is 0 Å². The number of para-hydroxylation sites is 1. The molecule has 0 amide bonds. The number of nitrogens with one attached hydrogen (secondary N) is 1. The van der Waals surface area contributed by atoms with E-state index < -0.39 is 0 Å². The number of phenolic OH excluding ortho intramolecular Hbond substituents is 1. The van der Waals surface area contributed by atoms with Gasteiger partial charge in [0.15, 0.2) is 0 Å². The van der Waals surface area contributed by atoms with Crippen LogP contribution in [0.5, 0.6) is 5.75 Å². The third-order valence-corrected chi connectivity index (χ3v) is 4.63. The van der Waals surface area contributed by atoms with Crippen molar-refractivity contribution in [2.24, 2.45) is 0 Å². The molecule has 2 saturated heterocycles. The van der Waals surface area contributed by atoms with E-state index in [1.807, 2.05) is 18.2 Å². The van der Waals surface area contributed by atoms with E-state index in [2.05, 4.69) is 21.2 Å². The van der Waals surface area contributed by atoms with Crippen LogP contribution in [0.1, 0.15) is 24.8 Å². The fraction of sp³-hybridized carbons (Fsp3) is 0.556. The van der Waals surface area contributed by atoms with E-state index in [0.717, 1.165) is 51.4 Å². The Bertz CT molecular complexity index is 503. The predicted molar refractivity (Wildman–Crippen MR) is 90.8 cm³/mol. The summed E-state index contributed by atoms with van der Waals surface area (Å²) in [5, 5.41) is 13.7.